The first-order valence-electron chi connectivity index (χ1n) is 5.48. The van der Waals surface area contributed by atoms with Gasteiger partial charge in [0.1, 0.15) is 0 Å². The fourth-order valence-electron chi connectivity index (χ4n) is 1.97. The van der Waals surface area contributed by atoms with Crippen molar-refractivity contribution in [2.24, 2.45) is 0 Å². The van der Waals surface area contributed by atoms with Crippen molar-refractivity contribution in [3.63, 3.8) is 0 Å². The van der Waals surface area contributed by atoms with Crippen LogP contribution in [-0.2, 0) is 0 Å². The van der Waals surface area contributed by atoms with Gasteiger partial charge in [-0.2, -0.15) is 0 Å². The zero-order chi connectivity index (χ0) is 9.03. The molecular formula is C10H23NSi. The first kappa shape index (κ1) is 10.3. The Bertz CT molecular complexity index is 120. The van der Waals surface area contributed by atoms with Crippen LogP contribution in [0.15, 0.2) is 0 Å². The van der Waals surface area contributed by atoms with Crippen LogP contribution in [0.1, 0.15) is 20.8 Å². The molecule has 72 valence electrons. The quantitative estimate of drug-likeness (QED) is 0.454. The van der Waals surface area contributed by atoms with Gasteiger partial charge in [-0.15, -0.1) is 0 Å². The van der Waals surface area contributed by atoms with Crippen molar-refractivity contribution in [3.8, 4) is 0 Å². The van der Waals surface area contributed by atoms with Crippen LogP contribution in [-0.4, -0.2) is 32.6 Å². The zero-order valence-electron chi connectivity index (χ0n) is 8.90. The second-order valence-electron chi connectivity index (χ2n) is 4.15. The Morgan fingerprint density at radius 1 is 1.00 bits per heavy atom. The van der Waals surface area contributed by atoms with Crippen LogP contribution in [0.25, 0.3) is 0 Å². The molecule has 0 aromatic heterocycles. The van der Waals surface area contributed by atoms with Crippen molar-refractivity contribution in [1.29, 1.82) is 0 Å². The van der Waals surface area contributed by atoms with E-state index >= 15 is 0 Å². The Morgan fingerprint density at radius 3 is 1.83 bits per heavy atom. The molecule has 0 atom stereocenters. The maximum Gasteiger partial charge on any atom is 0.0540 e. The molecule has 0 unspecified atom stereocenters. The molecule has 2 heteroatoms. The average molecular weight is 185 g/mol. The van der Waals surface area contributed by atoms with E-state index < -0.39 is 8.07 Å². The van der Waals surface area contributed by atoms with Gasteiger partial charge < -0.3 is 4.90 Å². The minimum Gasteiger partial charge on any atom is -0.301 e. The van der Waals surface area contributed by atoms with Gasteiger partial charge in [0.2, 0.25) is 0 Å². The van der Waals surface area contributed by atoms with E-state index in [0.29, 0.717) is 0 Å². The first-order valence-corrected chi connectivity index (χ1v) is 8.31. The topological polar surface area (TPSA) is 3.01 Å². The third-order valence-electron chi connectivity index (χ3n) is 3.75. The van der Waals surface area contributed by atoms with Crippen LogP contribution < -0.4 is 0 Å². The van der Waals surface area contributed by atoms with Gasteiger partial charge in [0.15, 0.2) is 0 Å². The van der Waals surface area contributed by atoms with E-state index in [1.807, 2.05) is 0 Å². The van der Waals surface area contributed by atoms with Crippen molar-refractivity contribution in [2.75, 3.05) is 19.6 Å². The maximum atomic E-state index is 2.57. The maximum absolute atomic E-state index is 2.57. The molecule has 1 nitrogen and oxygen atoms in total. The van der Waals surface area contributed by atoms with E-state index in [1.54, 1.807) is 6.04 Å². The molecular weight excluding hydrogens is 162 g/mol. The zero-order valence-corrected chi connectivity index (χ0v) is 9.90. The molecule has 1 fully saturated rings. The Kier molecular flexibility index (Phi) is 3.78. The van der Waals surface area contributed by atoms with Gasteiger partial charge in [0.25, 0.3) is 0 Å². The highest BCUT2D eigenvalue weighted by Crippen LogP contribution is 2.26. The third-order valence-corrected chi connectivity index (χ3v) is 9.53. The third kappa shape index (κ3) is 2.59. The van der Waals surface area contributed by atoms with Crippen molar-refractivity contribution < 1.29 is 0 Å². The van der Waals surface area contributed by atoms with Crippen LogP contribution in [0, 0.1) is 0 Å². The number of nitrogens with zero attached hydrogens (tertiary/aromatic N) is 1. The van der Waals surface area contributed by atoms with Crippen molar-refractivity contribution in [1.82, 2.24) is 4.90 Å². The number of hydrogen-bond donors (Lipinski definition) is 0. The first-order chi connectivity index (χ1) is 5.76. The highest BCUT2D eigenvalue weighted by atomic mass is 28.3. The Balaban J connectivity index is 2.28. The summed E-state index contributed by atoms with van der Waals surface area (Å²) in [6, 6.07) is 6.03. The van der Waals surface area contributed by atoms with Crippen LogP contribution in [0.4, 0.5) is 0 Å². The lowest BCUT2D eigenvalue weighted by atomic mass is 10.7. The number of rotatable bonds is 6. The van der Waals surface area contributed by atoms with Gasteiger partial charge in [0, 0.05) is 13.1 Å². The molecule has 12 heavy (non-hydrogen) atoms. The van der Waals surface area contributed by atoms with E-state index in [9.17, 15) is 0 Å². The largest absolute Gasteiger partial charge is 0.301 e. The minimum atomic E-state index is -0.782. The average Bonchev–Trinajstić information content (AvgIpc) is 2.92. The fraction of sp³-hybridized carbons (Fsp3) is 1.00. The van der Waals surface area contributed by atoms with Crippen molar-refractivity contribution in [2.45, 2.75) is 44.9 Å². The Hall–Kier alpha value is 0.177. The standard InChI is InChI=1S/C10H23NSi/c1-4-12(5-2,6-3)10-9-11-7-8-11/h4-10H2,1-3H3. The second-order valence-corrected chi connectivity index (χ2v) is 9.77. The molecule has 0 radical (unpaired) electrons. The Labute approximate surface area is 78.2 Å². The lowest BCUT2D eigenvalue weighted by Crippen LogP contribution is -2.33. The van der Waals surface area contributed by atoms with Crippen LogP contribution in [0.5, 0.6) is 0 Å². The van der Waals surface area contributed by atoms with Gasteiger partial charge in [-0.1, -0.05) is 38.9 Å². The monoisotopic (exact) mass is 185 g/mol. The summed E-state index contributed by atoms with van der Waals surface area (Å²) in [5, 5.41) is 0. The van der Waals surface area contributed by atoms with Gasteiger partial charge in [-0.05, 0) is 12.6 Å². The lowest BCUT2D eigenvalue weighted by molar-refractivity contribution is 0.587. The molecule has 0 aromatic rings. The molecule has 1 saturated heterocycles. The lowest BCUT2D eigenvalue weighted by Gasteiger charge is -2.28. The van der Waals surface area contributed by atoms with Crippen LogP contribution in [0.3, 0.4) is 0 Å². The fourth-order valence-corrected chi connectivity index (χ4v) is 5.32. The highest BCUT2D eigenvalue weighted by Gasteiger charge is 2.28. The summed E-state index contributed by atoms with van der Waals surface area (Å²) in [6.07, 6.45) is 0. The molecule has 0 amide bonds. The minimum absolute atomic E-state index is 0.782. The van der Waals surface area contributed by atoms with Gasteiger partial charge in [-0.25, -0.2) is 0 Å². The molecule has 1 rings (SSSR count). The van der Waals surface area contributed by atoms with E-state index in [0.717, 1.165) is 0 Å². The molecule has 0 aromatic carbocycles. The summed E-state index contributed by atoms with van der Waals surface area (Å²) in [5.74, 6) is 0. The molecule has 1 aliphatic rings. The highest BCUT2D eigenvalue weighted by molar-refractivity contribution is 6.79. The van der Waals surface area contributed by atoms with Crippen molar-refractivity contribution in [3.05, 3.63) is 0 Å². The van der Waals surface area contributed by atoms with E-state index in [1.165, 1.54) is 37.8 Å². The van der Waals surface area contributed by atoms with Gasteiger partial charge in [0.05, 0.1) is 8.07 Å². The molecule has 0 N–H and O–H groups in total. The van der Waals surface area contributed by atoms with E-state index in [2.05, 4.69) is 25.7 Å². The van der Waals surface area contributed by atoms with Gasteiger partial charge in [-0.3, -0.25) is 0 Å². The summed E-state index contributed by atoms with van der Waals surface area (Å²) < 4.78 is 0. The normalized spacial score (nSPS) is 18.2. The van der Waals surface area contributed by atoms with Crippen LogP contribution >= 0.6 is 0 Å². The summed E-state index contributed by atoms with van der Waals surface area (Å²) >= 11 is 0. The predicted molar refractivity (Wildman–Crippen MR) is 58.4 cm³/mol. The second kappa shape index (κ2) is 4.42. The molecule has 0 aliphatic carbocycles. The molecule has 0 bridgehead atoms. The van der Waals surface area contributed by atoms with E-state index in [4.69, 9.17) is 0 Å². The van der Waals surface area contributed by atoms with Gasteiger partial charge >= 0.3 is 0 Å². The molecule has 0 saturated carbocycles. The summed E-state index contributed by atoms with van der Waals surface area (Å²) in [5.41, 5.74) is 0. The van der Waals surface area contributed by atoms with Crippen molar-refractivity contribution >= 4 is 8.07 Å². The Morgan fingerprint density at radius 2 is 1.50 bits per heavy atom. The smallest absolute Gasteiger partial charge is 0.0540 e. The summed E-state index contributed by atoms with van der Waals surface area (Å²) in [4.78, 5) is 2.57. The molecule has 1 heterocycles. The SMILES string of the molecule is CC[Si](CC)(CC)CCN1CC1. The number of hydrogen-bond acceptors (Lipinski definition) is 1. The predicted octanol–water partition coefficient (Wildman–Crippen LogP) is 2.81. The summed E-state index contributed by atoms with van der Waals surface area (Å²) in [7, 11) is -0.782. The van der Waals surface area contributed by atoms with Crippen LogP contribution in [0.2, 0.25) is 24.2 Å². The molecule has 0 spiro atoms. The van der Waals surface area contributed by atoms with E-state index in [-0.39, 0.29) is 0 Å². The molecule has 1 aliphatic heterocycles. The summed E-state index contributed by atoms with van der Waals surface area (Å²) in [6.45, 7) is 11.4.